The standard InChI is InChI=1S/C24H22N2O5/c1-15-7-2-5-12-20(15)25-21(27)14-31-24(30)16-8-6-9-17(13-16)26-22(28)18-10-3-4-11-19(18)23(26)29/h2-9,12-13,18-19H,10-11,14H2,1H3,(H,25,27)/t18-,19-/m0/s1. The van der Waals surface area contributed by atoms with Gasteiger partial charge in [-0.3, -0.25) is 19.3 Å². The molecule has 7 nitrogen and oxygen atoms in total. The van der Waals surface area contributed by atoms with Crippen LogP contribution in [-0.2, 0) is 19.1 Å². The summed E-state index contributed by atoms with van der Waals surface area (Å²) in [6, 6.07) is 13.4. The summed E-state index contributed by atoms with van der Waals surface area (Å²) in [5, 5.41) is 2.69. The minimum atomic E-state index is -0.708. The highest BCUT2D eigenvalue weighted by atomic mass is 16.5. The molecular weight excluding hydrogens is 396 g/mol. The van der Waals surface area contributed by atoms with Crippen molar-refractivity contribution in [1.82, 2.24) is 0 Å². The molecule has 2 aromatic rings. The maximum absolute atomic E-state index is 12.7. The SMILES string of the molecule is Cc1ccccc1NC(=O)COC(=O)c1cccc(N2C(=O)[C@H]3CC=CC[C@@H]3C2=O)c1. The van der Waals surface area contributed by atoms with Crippen LogP contribution in [0.25, 0.3) is 0 Å². The molecule has 2 aromatic carbocycles. The smallest absolute Gasteiger partial charge is 0.338 e. The molecule has 158 valence electrons. The number of nitrogens with one attached hydrogen (secondary N) is 1. The lowest BCUT2D eigenvalue weighted by Gasteiger charge is -2.15. The second-order valence-corrected chi connectivity index (χ2v) is 7.66. The number of esters is 1. The number of nitrogens with zero attached hydrogens (tertiary/aromatic N) is 1. The average Bonchev–Trinajstić information content (AvgIpc) is 3.04. The van der Waals surface area contributed by atoms with Crippen LogP contribution in [0.2, 0.25) is 0 Å². The number of carbonyl (C=O) groups excluding carboxylic acids is 4. The Morgan fingerprint density at radius 3 is 2.35 bits per heavy atom. The Morgan fingerprint density at radius 2 is 1.68 bits per heavy atom. The molecule has 1 heterocycles. The zero-order valence-corrected chi connectivity index (χ0v) is 17.0. The van der Waals surface area contributed by atoms with E-state index in [9.17, 15) is 19.2 Å². The summed E-state index contributed by atoms with van der Waals surface area (Å²) in [6.45, 7) is 1.41. The van der Waals surface area contributed by atoms with Gasteiger partial charge in [-0.2, -0.15) is 0 Å². The third-order valence-corrected chi connectivity index (χ3v) is 5.60. The van der Waals surface area contributed by atoms with Gasteiger partial charge in [0.2, 0.25) is 11.8 Å². The summed E-state index contributed by atoms with van der Waals surface area (Å²) in [5.74, 6) is -2.36. The number of imide groups is 1. The summed E-state index contributed by atoms with van der Waals surface area (Å²) in [5.41, 5.74) is 2.04. The number of hydrogen-bond acceptors (Lipinski definition) is 5. The molecular formula is C24H22N2O5. The first-order chi connectivity index (χ1) is 15.0. The van der Waals surface area contributed by atoms with Gasteiger partial charge in [-0.15, -0.1) is 0 Å². The van der Waals surface area contributed by atoms with Gasteiger partial charge in [-0.1, -0.05) is 36.4 Å². The Kier molecular flexibility index (Phi) is 5.66. The summed E-state index contributed by atoms with van der Waals surface area (Å²) in [6.07, 6.45) is 4.93. The van der Waals surface area contributed by atoms with E-state index in [-0.39, 0.29) is 29.2 Å². The molecule has 1 aliphatic carbocycles. The minimum absolute atomic E-state index is 0.162. The molecule has 1 N–H and O–H groups in total. The highest BCUT2D eigenvalue weighted by Gasteiger charge is 2.47. The highest BCUT2D eigenvalue weighted by molar-refractivity contribution is 6.22. The third-order valence-electron chi connectivity index (χ3n) is 5.60. The van der Waals surface area contributed by atoms with Gasteiger partial charge < -0.3 is 10.1 Å². The summed E-state index contributed by atoms with van der Waals surface area (Å²) >= 11 is 0. The van der Waals surface area contributed by atoms with Crippen LogP contribution in [0.1, 0.15) is 28.8 Å². The summed E-state index contributed by atoms with van der Waals surface area (Å²) < 4.78 is 5.12. The summed E-state index contributed by atoms with van der Waals surface area (Å²) in [4.78, 5) is 51.2. The molecule has 3 amide bonds. The van der Waals surface area contributed by atoms with Crippen molar-refractivity contribution in [1.29, 1.82) is 0 Å². The maximum Gasteiger partial charge on any atom is 0.338 e. The molecule has 4 rings (SSSR count). The fraction of sp³-hybridized carbons (Fsp3) is 0.250. The van der Waals surface area contributed by atoms with Crippen LogP contribution in [0.3, 0.4) is 0 Å². The van der Waals surface area contributed by atoms with Crippen molar-refractivity contribution in [2.75, 3.05) is 16.8 Å². The van der Waals surface area contributed by atoms with E-state index in [2.05, 4.69) is 5.32 Å². The first-order valence-corrected chi connectivity index (χ1v) is 10.1. The second kappa shape index (κ2) is 8.55. The Hall–Kier alpha value is -3.74. The maximum atomic E-state index is 12.7. The van der Waals surface area contributed by atoms with Crippen LogP contribution in [0.5, 0.6) is 0 Å². The van der Waals surface area contributed by atoms with Gasteiger partial charge in [0.1, 0.15) is 0 Å². The number of aryl methyl sites for hydroxylation is 1. The third kappa shape index (κ3) is 4.12. The van der Waals surface area contributed by atoms with Gasteiger partial charge in [0.05, 0.1) is 23.1 Å². The van der Waals surface area contributed by atoms with E-state index in [0.29, 0.717) is 24.2 Å². The van der Waals surface area contributed by atoms with Gasteiger partial charge in [0, 0.05) is 5.69 Å². The van der Waals surface area contributed by atoms with Crippen molar-refractivity contribution < 1.29 is 23.9 Å². The van der Waals surface area contributed by atoms with Gasteiger partial charge >= 0.3 is 5.97 Å². The number of para-hydroxylation sites is 1. The Labute approximate surface area is 179 Å². The van der Waals surface area contributed by atoms with Crippen LogP contribution in [0.15, 0.2) is 60.7 Å². The van der Waals surface area contributed by atoms with Gasteiger partial charge in [0.25, 0.3) is 5.91 Å². The molecule has 0 aromatic heterocycles. The second-order valence-electron chi connectivity index (χ2n) is 7.66. The van der Waals surface area contributed by atoms with Crippen molar-refractivity contribution in [3.63, 3.8) is 0 Å². The number of allylic oxidation sites excluding steroid dienone is 2. The van der Waals surface area contributed by atoms with Crippen molar-refractivity contribution in [3.8, 4) is 0 Å². The molecule has 1 aliphatic heterocycles. The van der Waals surface area contributed by atoms with E-state index in [1.54, 1.807) is 24.3 Å². The van der Waals surface area contributed by atoms with E-state index in [0.717, 1.165) is 10.5 Å². The van der Waals surface area contributed by atoms with E-state index in [1.807, 2.05) is 31.2 Å². The lowest BCUT2D eigenvalue weighted by molar-refractivity contribution is -0.122. The Bertz CT molecular complexity index is 1060. The largest absolute Gasteiger partial charge is 0.452 e. The molecule has 0 saturated carbocycles. The van der Waals surface area contributed by atoms with E-state index in [4.69, 9.17) is 4.74 Å². The monoisotopic (exact) mass is 418 g/mol. The van der Waals surface area contributed by atoms with Gasteiger partial charge in [-0.25, -0.2) is 4.79 Å². The number of amides is 3. The average molecular weight is 418 g/mol. The molecule has 0 bridgehead atoms. The predicted octanol–water partition coefficient (Wildman–Crippen LogP) is 3.25. The van der Waals surface area contributed by atoms with Gasteiger partial charge in [0.15, 0.2) is 6.61 Å². The number of benzene rings is 2. The van der Waals surface area contributed by atoms with E-state index >= 15 is 0 Å². The van der Waals surface area contributed by atoms with Crippen LogP contribution in [0, 0.1) is 18.8 Å². The number of carbonyl (C=O) groups is 4. The lowest BCUT2D eigenvalue weighted by Crippen LogP contribution is -2.31. The normalized spacial score (nSPS) is 19.8. The molecule has 2 atom stereocenters. The number of fused-ring (bicyclic) bond motifs is 1. The minimum Gasteiger partial charge on any atom is -0.452 e. The van der Waals surface area contributed by atoms with Crippen LogP contribution in [-0.4, -0.2) is 30.3 Å². The molecule has 1 fully saturated rings. The molecule has 0 spiro atoms. The first-order valence-electron chi connectivity index (χ1n) is 10.1. The molecule has 0 radical (unpaired) electrons. The van der Waals surface area contributed by atoms with Crippen molar-refractivity contribution in [2.24, 2.45) is 11.8 Å². The lowest BCUT2D eigenvalue weighted by atomic mass is 9.85. The highest BCUT2D eigenvalue weighted by Crippen LogP contribution is 2.37. The van der Waals surface area contributed by atoms with Crippen LogP contribution >= 0.6 is 0 Å². The number of hydrogen-bond donors (Lipinski definition) is 1. The molecule has 0 unspecified atom stereocenters. The molecule has 31 heavy (non-hydrogen) atoms. The number of anilines is 2. The Morgan fingerprint density at radius 1 is 1.00 bits per heavy atom. The topological polar surface area (TPSA) is 92.8 Å². The molecule has 7 heteroatoms. The quantitative estimate of drug-likeness (QED) is 0.457. The number of rotatable bonds is 5. The van der Waals surface area contributed by atoms with Gasteiger partial charge in [-0.05, 0) is 49.6 Å². The zero-order valence-electron chi connectivity index (χ0n) is 17.0. The van der Waals surface area contributed by atoms with Crippen LogP contribution in [0.4, 0.5) is 11.4 Å². The number of ether oxygens (including phenoxy) is 1. The van der Waals surface area contributed by atoms with Crippen molar-refractivity contribution in [2.45, 2.75) is 19.8 Å². The van der Waals surface area contributed by atoms with Crippen molar-refractivity contribution in [3.05, 3.63) is 71.8 Å². The zero-order chi connectivity index (χ0) is 22.0. The first kappa shape index (κ1) is 20.5. The van der Waals surface area contributed by atoms with E-state index in [1.165, 1.54) is 12.1 Å². The molecule has 2 aliphatic rings. The summed E-state index contributed by atoms with van der Waals surface area (Å²) in [7, 11) is 0. The predicted molar refractivity (Wildman–Crippen MR) is 114 cm³/mol. The fourth-order valence-electron chi connectivity index (χ4n) is 3.94. The van der Waals surface area contributed by atoms with E-state index < -0.39 is 18.5 Å². The Balaban J connectivity index is 1.42. The van der Waals surface area contributed by atoms with Crippen molar-refractivity contribution >= 4 is 35.1 Å². The fourth-order valence-corrected chi connectivity index (χ4v) is 3.94. The van der Waals surface area contributed by atoms with Crippen LogP contribution < -0.4 is 10.2 Å². The molecule has 1 saturated heterocycles.